The van der Waals surface area contributed by atoms with Crippen molar-refractivity contribution in [2.24, 2.45) is 0 Å². The van der Waals surface area contributed by atoms with E-state index >= 15 is 0 Å². The molecule has 1 aromatic rings. The molecule has 0 spiro atoms. The van der Waals surface area contributed by atoms with Crippen LogP contribution >= 0.6 is 0 Å². The van der Waals surface area contributed by atoms with Crippen LogP contribution in [0.5, 0.6) is 0 Å². The minimum absolute atomic E-state index is 0.219. The Bertz CT molecular complexity index is 281. The van der Waals surface area contributed by atoms with Gasteiger partial charge in [-0.2, -0.15) is 15.4 Å². The van der Waals surface area contributed by atoms with Crippen LogP contribution in [0, 0.1) is 0 Å². The third-order valence-electron chi connectivity index (χ3n) is 1.57. The van der Waals surface area contributed by atoms with E-state index in [1.807, 2.05) is 13.8 Å². The molecular formula is C8H13N3O3. The summed E-state index contributed by atoms with van der Waals surface area (Å²) in [4.78, 5) is 10.6. The van der Waals surface area contributed by atoms with Crippen LogP contribution < -0.4 is 0 Å². The van der Waals surface area contributed by atoms with E-state index in [1.165, 1.54) is 0 Å². The van der Waals surface area contributed by atoms with Gasteiger partial charge in [-0.1, -0.05) is 0 Å². The summed E-state index contributed by atoms with van der Waals surface area (Å²) in [6, 6.07) is 0. The zero-order chi connectivity index (χ0) is 10.4. The molecule has 0 saturated carbocycles. The Morgan fingerprint density at radius 2 is 2.00 bits per heavy atom. The van der Waals surface area contributed by atoms with Crippen molar-refractivity contribution in [1.82, 2.24) is 15.4 Å². The summed E-state index contributed by atoms with van der Waals surface area (Å²) in [6.07, 6.45) is -0.00639. The van der Waals surface area contributed by atoms with Gasteiger partial charge in [0.1, 0.15) is 5.69 Å². The third kappa shape index (κ3) is 2.36. The molecule has 0 aliphatic carbocycles. The lowest BCUT2D eigenvalue weighted by Gasteiger charge is -2.14. The molecule has 0 aliphatic heterocycles. The molecule has 0 radical (unpaired) electrons. The monoisotopic (exact) mass is 199 g/mol. The van der Waals surface area contributed by atoms with Crippen LogP contribution in [0.1, 0.15) is 36.3 Å². The maximum absolute atomic E-state index is 10.6. The zero-order valence-corrected chi connectivity index (χ0v) is 8.19. The molecule has 0 aliphatic rings. The predicted octanol–water partition coefficient (Wildman–Crippen LogP) is 0.689. The molecule has 0 saturated heterocycles. The first-order valence-electron chi connectivity index (χ1n) is 4.42. The van der Waals surface area contributed by atoms with Crippen molar-refractivity contribution < 1.29 is 14.3 Å². The molecule has 1 heterocycles. The van der Waals surface area contributed by atoms with Gasteiger partial charge in [0.05, 0.1) is 0 Å². The van der Waals surface area contributed by atoms with E-state index in [0.717, 1.165) is 0 Å². The highest BCUT2D eigenvalue weighted by atomic mass is 16.7. The number of H-pyrrole nitrogens is 1. The number of carbonyl (C=O) groups excluding carboxylic acids is 1. The van der Waals surface area contributed by atoms with Crippen molar-refractivity contribution in [1.29, 1.82) is 0 Å². The minimum atomic E-state index is -0.621. The summed E-state index contributed by atoms with van der Waals surface area (Å²) in [7, 11) is 0. The van der Waals surface area contributed by atoms with Gasteiger partial charge >= 0.3 is 0 Å². The van der Waals surface area contributed by atoms with E-state index in [-0.39, 0.29) is 5.69 Å². The molecule has 0 aromatic carbocycles. The van der Waals surface area contributed by atoms with Crippen molar-refractivity contribution in [2.75, 3.05) is 13.2 Å². The van der Waals surface area contributed by atoms with Crippen LogP contribution in [-0.2, 0) is 9.47 Å². The van der Waals surface area contributed by atoms with Crippen LogP contribution in [0.3, 0.4) is 0 Å². The Kier molecular flexibility index (Phi) is 4.21. The van der Waals surface area contributed by atoms with Gasteiger partial charge in [-0.15, -0.1) is 0 Å². The van der Waals surface area contributed by atoms with Gasteiger partial charge in [-0.05, 0) is 13.8 Å². The normalized spacial score (nSPS) is 10.8. The average Bonchev–Trinajstić information content (AvgIpc) is 2.65. The van der Waals surface area contributed by atoms with Crippen LogP contribution in [0.2, 0.25) is 0 Å². The number of hydrogen-bond donors (Lipinski definition) is 1. The number of nitrogens with one attached hydrogen (secondary N) is 1. The first-order valence-corrected chi connectivity index (χ1v) is 4.42. The van der Waals surface area contributed by atoms with Gasteiger partial charge in [-0.25, -0.2) is 0 Å². The van der Waals surface area contributed by atoms with Gasteiger partial charge < -0.3 is 9.47 Å². The molecule has 6 nitrogen and oxygen atoms in total. The number of nitrogens with zero attached hydrogens (tertiary/aromatic N) is 2. The van der Waals surface area contributed by atoms with E-state index in [9.17, 15) is 4.79 Å². The number of aldehydes is 1. The molecule has 0 bridgehead atoms. The smallest absolute Gasteiger partial charge is 0.205 e. The quantitative estimate of drug-likeness (QED) is 0.538. The summed E-state index contributed by atoms with van der Waals surface area (Å²) in [5.74, 6) is 0. The standard InChI is InChI=1S/C8H13N3O3/c1-3-13-8(14-4-2)7-6(5-12)9-11-10-7/h5,8H,3-4H2,1-2H3,(H,9,10,11). The Labute approximate surface area is 81.6 Å². The summed E-state index contributed by atoms with van der Waals surface area (Å²) in [6.45, 7) is 4.64. The second-order valence-corrected chi connectivity index (χ2v) is 2.45. The Balaban J connectivity index is 2.80. The van der Waals surface area contributed by atoms with E-state index in [1.54, 1.807) is 0 Å². The molecule has 0 atom stereocenters. The molecule has 1 N–H and O–H groups in total. The number of carbonyl (C=O) groups is 1. The first-order chi connectivity index (χ1) is 6.83. The largest absolute Gasteiger partial charge is 0.347 e. The minimum Gasteiger partial charge on any atom is -0.347 e. The third-order valence-corrected chi connectivity index (χ3v) is 1.57. The number of aromatic nitrogens is 3. The fourth-order valence-corrected chi connectivity index (χ4v) is 1.02. The highest BCUT2D eigenvalue weighted by Gasteiger charge is 2.19. The van der Waals surface area contributed by atoms with Crippen LogP contribution in [0.25, 0.3) is 0 Å². The summed E-state index contributed by atoms with van der Waals surface area (Å²) in [5.41, 5.74) is 0.612. The maximum atomic E-state index is 10.6. The molecule has 0 amide bonds. The Morgan fingerprint density at radius 3 is 2.50 bits per heavy atom. The summed E-state index contributed by atoms with van der Waals surface area (Å²) in [5, 5.41) is 9.82. The molecule has 0 unspecified atom stereocenters. The lowest BCUT2D eigenvalue weighted by Crippen LogP contribution is -2.11. The molecule has 1 rings (SSSR count). The van der Waals surface area contributed by atoms with Crippen LogP contribution in [-0.4, -0.2) is 34.9 Å². The van der Waals surface area contributed by atoms with Crippen molar-refractivity contribution in [3.8, 4) is 0 Å². The van der Waals surface area contributed by atoms with E-state index in [0.29, 0.717) is 25.2 Å². The lowest BCUT2D eigenvalue weighted by atomic mass is 10.3. The van der Waals surface area contributed by atoms with E-state index in [2.05, 4.69) is 15.4 Å². The Hall–Kier alpha value is -1.27. The van der Waals surface area contributed by atoms with E-state index in [4.69, 9.17) is 9.47 Å². The van der Waals surface area contributed by atoms with Crippen LogP contribution in [0.15, 0.2) is 0 Å². The van der Waals surface area contributed by atoms with Crippen molar-refractivity contribution in [3.05, 3.63) is 11.4 Å². The summed E-state index contributed by atoms with van der Waals surface area (Å²) < 4.78 is 10.5. The zero-order valence-electron chi connectivity index (χ0n) is 8.19. The fraction of sp³-hybridized carbons (Fsp3) is 0.625. The molecule has 14 heavy (non-hydrogen) atoms. The molecule has 0 fully saturated rings. The second-order valence-electron chi connectivity index (χ2n) is 2.45. The Morgan fingerprint density at radius 1 is 1.36 bits per heavy atom. The summed E-state index contributed by atoms with van der Waals surface area (Å²) >= 11 is 0. The predicted molar refractivity (Wildman–Crippen MR) is 47.8 cm³/mol. The molecule has 1 aromatic heterocycles. The van der Waals surface area contributed by atoms with Crippen molar-refractivity contribution in [3.63, 3.8) is 0 Å². The molecule has 78 valence electrons. The number of ether oxygens (including phenoxy) is 2. The van der Waals surface area contributed by atoms with Gasteiger partial charge in [0.25, 0.3) is 0 Å². The van der Waals surface area contributed by atoms with Crippen LogP contribution in [0.4, 0.5) is 0 Å². The van der Waals surface area contributed by atoms with Gasteiger partial charge in [-0.3, -0.25) is 4.79 Å². The second kappa shape index (κ2) is 5.46. The van der Waals surface area contributed by atoms with Crippen molar-refractivity contribution in [2.45, 2.75) is 20.1 Å². The molecular weight excluding hydrogens is 186 g/mol. The maximum Gasteiger partial charge on any atom is 0.205 e. The van der Waals surface area contributed by atoms with E-state index < -0.39 is 6.29 Å². The van der Waals surface area contributed by atoms with Gasteiger partial charge in [0.15, 0.2) is 12.0 Å². The van der Waals surface area contributed by atoms with Crippen molar-refractivity contribution >= 4 is 6.29 Å². The SMILES string of the molecule is CCOC(OCC)c1n[nH]nc1C=O. The number of hydrogen-bond acceptors (Lipinski definition) is 5. The topological polar surface area (TPSA) is 77.1 Å². The number of aromatic amines is 1. The number of rotatable bonds is 6. The fourth-order valence-electron chi connectivity index (χ4n) is 1.02. The highest BCUT2D eigenvalue weighted by Crippen LogP contribution is 2.17. The highest BCUT2D eigenvalue weighted by molar-refractivity contribution is 5.73. The van der Waals surface area contributed by atoms with Gasteiger partial charge in [0, 0.05) is 13.2 Å². The average molecular weight is 199 g/mol. The molecule has 6 heteroatoms. The lowest BCUT2D eigenvalue weighted by molar-refractivity contribution is -0.142. The first kappa shape index (κ1) is 10.8. The van der Waals surface area contributed by atoms with Gasteiger partial charge in [0.2, 0.25) is 6.29 Å².